The zero-order valence-corrected chi connectivity index (χ0v) is 17.7. The van der Waals surface area contributed by atoms with Gasteiger partial charge in [-0.25, -0.2) is 18.0 Å². The minimum atomic E-state index is -1.11. The first kappa shape index (κ1) is 22.2. The molecule has 0 aliphatic carbocycles. The molecule has 1 amide bonds. The Morgan fingerprint density at radius 3 is 2.39 bits per heavy atom. The number of carbonyl (C=O) groups excluding carboxylic acids is 2. The number of halogens is 3. The van der Waals surface area contributed by atoms with E-state index in [4.69, 9.17) is 4.74 Å². The number of hydrogen-bond acceptors (Lipinski definition) is 6. The minimum absolute atomic E-state index is 0.0397. The number of benzene rings is 2. The Kier molecular flexibility index (Phi) is 5.97. The highest BCUT2D eigenvalue weighted by atomic mass is 32.1. The second-order valence-corrected chi connectivity index (χ2v) is 7.55. The Morgan fingerprint density at radius 2 is 1.76 bits per heavy atom. The van der Waals surface area contributed by atoms with Crippen molar-refractivity contribution in [1.82, 2.24) is 9.78 Å². The minimum Gasteiger partial charge on any atom is -0.461 e. The van der Waals surface area contributed by atoms with E-state index < -0.39 is 40.5 Å². The van der Waals surface area contributed by atoms with E-state index in [0.29, 0.717) is 0 Å². The van der Waals surface area contributed by atoms with E-state index in [9.17, 15) is 27.6 Å². The fraction of sp³-hybridized carbons (Fsp3) is 0.0909. The first-order valence-corrected chi connectivity index (χ1v) is 10.4. The number of amides is 1. The highest BCUT2D eigenvalue weighted by molar-refractivity contribution is 7.16. The molecule has 2 heterocycles. The van der Waals surface area contributed by atoms with Crippen molar-refractivity contribution in [3.8, 4) is 5.69 Å². The van der Waals surface area contributed by atoms with Crippen LogP contribution in [0.4, 0.5) is 18.2 Å². The monoisotopic (exact) mass is 473 g/mol. The van der Waals surface area contributed by atoms with Gasteiger partial charge in [0, 0.05) is 10.8 Å². The van der Waals surface area contributed by atoms with Gasteiger partial charge in [0.15, 0.2) is 5.69 Å². The summed E-state index contributed by atoms with van der Waals surface area (Å²) in [5.41, 5.74) is -1.63. The fourth-order valence-electron chi connectivity index (χ4n) is 3.13. The Labute approximate surface area is 188 Å². The summed E-state index contributed by atoms with van der Waals surface area (Å²) in [6.07, 6.45) is 0. The molecule has 11 heteroatoms. The van der Waals surface area contributed by atoms with Crippen molar-refractivity contribution in [3.05, 3.63) is 86.9 Å². The van der Waals surface area contributed by atoms with Gasteiger partial charge in [-0.05, 0) is 43.3 Å². The zero-order valence-electron chi connectivity index (χ0n) is 16.9. The number of hydrogen-bond donors (Lipinski definition) is 1. The maximum Gasteiger partial charge on any atom is 0.359 e. The second kappa shape index (κ2) is 8.87. The predicted octanol–water partition coefficient (Wildman–Crippen LogP) is 4.29. The summed E-state index contributed by atoms with van der Waals surface area (Å²) >= 11 is 0.870. The number of nitrogens with zero attached hydrogens (tertiary/aromatic N) is 2. The van der Waals surface area contributed by atoms with E-state index in [1.165, 1.54) is 17.5 Å². The number of esters is 1. The lowest BCUT2D eigenvalue weighted by atomic mass is 10.1. The number of thiophene rings is 1. The normalized spacial score (nSPS) is 10.9. The van der Waals surface area contributed by atoms with Crippen LogP contribution in [-0.2, 0) is 4.74 Å². The molecule has 7 nitrogen and oxygen atoms in total. The van der Waals surface area contributed by atoms with Crippen LogP contribution in [0.25, 0.3) is 16.5 Å². The largest absolute Gasteiger partial charge is 0.461 e. The molecule has 0 unspecified atom stereocenters. The van der Waals surface area contributed by atoms with Gasteiger partial charge >= 0.3 is 5.97 Å². The van der Waals surface area contributed by atoms with Crippen LogP contribution in [0.2, 0.25) is 0 Å². The maximum absolute atomic E-state index is 14.0. The molecule has 4 aromatic rings. The molecule has 1 N–H and O–H groups in total. The summed E-state index contributed by atoms with van der Waals surface area (Å²) in [6.45, 7) is 1.63. The molecular weight excluding hydrogens is 459 g/mol. The molecule has 168 valence electrons. The zero-order chi connectivity index (χ0) is 23.7. The lowest BCUT2D eigenvalue weighted by molar-refractivity contribution is 0.0519. The highest BCUT2D eigenvalue weighted by Gasteiger charge is 2.25. The van der Waals surface area contributed by atoms with Gasteiger partial charge in [-0.15, -0.1) is 11.3 Å². The van der Waals surface area contributed by atoms with E-state index >= 15 is 0 Å². The number of anilines is 1. The highest BCUT2D eigenvalue weighted by Crippen LogP contribution is 2.31. The van der Waals surface area contributed by atoms with E-state index in [1.54, 1.807) is 6.92 Å². The average Bonchev–Trinajstić information content (AvgIpc) is 3.19. The van der Waals surface area contributed by atoms with Crippen LogP contribution in [-0.4, -0.2) is 28.3 Å². The van der Waals surface area contributed by atoms with Gasteiger partial charge in [0.2, 0.25) is 0 Å². The molecule has 0 atom stereocenters. The van der Waals surface area contributed by atoms with Gasteiger partial charge in [-0.2, -0.15) is 9.78 Å². The van der Waals surface area contributed by atoms with Crippen LogP contribution in [0.1, 0.15) is 27.8 Å². The molecule has 0 spiro atoms. The van der Waals surface area contributed by atoms with E-state index in [-0.39, 0.29) is 33.8 Å². The van der Waals surface area contributed by atoms with Crippen LogP contribution in [0.15, 0.2) is 52.6 Å². The standard InChI is InChI=1S/C22H14F3N3O4S/c1-2-32-22(31)18-13-10-33-20(26-19(29)17-14(24)4-3-5-15(17)25)16(13)21(30)28(27-18)12-8-6-11(23)7-9-12/h3-10H,2H2,1H3,(H,26,29). The van der Waals surface area contributed by atoms with E-state index in [2.05, 4.69) is 10.4 Å². The quantitative estimate of drug-likeness (QED) is 0.437. The molecule has 0 fully saturated rings. The van der Waals surface area contributed by atoms with Gasteiger partial charge in [0.05, 0.1) is 17.7 Å². The van der Waals surface area contributed by atoms with E-state index in [0.717, 1.165) is 46.4 Å². The molecule has 0 saturated heterocycles. The van der Waals surface area contributed by atoms with Crippen molar-refractivity contribution in [2.75, 3.05) is 11.9 Å². The first-order chi connectivity index (χ1) is 15.8. The molecule has 4 rings (SSSR count). The molecule has 2 aromatic heterocycles. The molecule has 0 saturated carbocycles. The van der Waals surface area contributed by atoms with Gasteiger partial charge in [-0.3, -0.25) is 9.59 Å². The van der Waals surface area contributed by atoms with Crippen molar-refractivity contribution < 1.29 is 27.5 Å². The number of ether oxygens (including phenoxy) is 1. The number of rotatable bonds is 5. The van der Waals surface area contributed by atoms with Crippen molar-refractivity contribution in [3.63, 3.8) is 0 Å². The Morgan fingerprint density at radius 1 is 1.09 bits per heavy atom. The van der Waals surface area contributed by atoms with Gasteiger partial charge in [-0.1, -0.05) is 6.07 Å². The maximum atomic E-state index is 14.0. The number of carbonyl (C=O) groups is 2. The average molecular weight is 473 g/mol. The summed E-state index contributed by atoms with van der Waals surface area (Å²) in [6, 6.07) is 7.74. The molecular formula is C22H14F3N3O4S. The van der Waals surface area contributed by atoms with Crippen molar-refractivity contribution >= 4 is 39.0 Å². The lowest BCUT2D eigenvalue weighted by Gasteiger charge is -2.10. The second-order valence-electron chi connectivity index (χ2n) is 6.67. The summed E-state index contributed by atoms with van der Waals surface area (Å²) < 4.78 is 47.3. The molecule has 0 aliphatic rings. The number of nitrogens with one attached hydrogen (secondary N) is 1. The van der Waals surface area contributed by atoms with Crippen molar-refractivity contribution in [2.24, 2.45) is 0 Å². The third-order valence-corrected chi connectivity index (χ3v) is 5.50. The molecule has 33 heavy (non-hydrogen) atoms. The Balaban J connectivity index is 1.90. The lowest BCUT2D eigenvalue weighted by Crippen LogP contribution is -2.25. The van der Waals surface area contributed by atoms with Gasteiger partial charge < -0.3 is 10.1 Å². The molecule has 0 bridgehead atoms. The fourth-order valence-corrected chi connectivity index (χ4v) is 4.06. The Bertz CT molecular complexity index is 1430. The van der Waals surface area contributed by atoms with Crippen LogP contribution in [0.3, 0.4) is 0 Å². The molecule has 0 radical (unpaired) electrons. The Hall–Kier alpha value is -3.99. The number of aromatic nitrogens is 2. The molecule has 2 aromatic carbocycles. The summed E-state index contributed by atoms with van der Waals surface area (Å²) in [7, 11) is 0. The van der Waals surface area contributed by atoms with Gasteiger partial charge in [0.1, 0.15) is 28.0 Å². The van der Waals surface area contributed by atoms with Crippen molar-refractivity contribution in [2.45, 2.75) is 6.92 Å². The van der Waals surface area contributed by atoms with Crippen molar-refractivity contribution in [1.29, 1.82) is 0 Å². The predicted molar refractivity (Wildman–Crippen MR) is 115 cm³/mol. The summed E-state index contributed by atoms with van der Waals surface area (Å²) in [4.78, 5) is 38.3. The SMILES string of the molecule is CCOC(=O)c1nn(-c2ccc(F)cc2)c(=O)c2c(NC(=O)c3c(F)cccc3F)scc12. The van der Waals surface area contributed by atoms with Crippen LogP contribution < -0.4 is 10.9 Å². The van der Waals surface area contributed by atoms with Crippen LogP contribution in [0.5, 0.6) is 0 Å². The topological polar surface area (TPSA) is 90.3 Å². The summed E-state index contributed by atoms with van der Waals surface area (Å²) in [5.74, 6) is -4.64. The smallest absolute Gasteiger partial charge is 0.359 e. The third kappa shape index (κ3) is 4.10. The third-order valence-electron chi connectivity index (χ3n) is 4.61. The number of fused-ring (bicyclic) bond motifs is 1. The van der Waals surface area contributed by atoms with Crippen LogP contribution in [0, 0.1) is 17.5 Å². The van der Waals surface area contributed by atoms with Crippen LogP contribution >= 0.6 is 11.3 Å². The van der Waals surface area contributed by atoms with Gasteiger partial charge in [0.25, 0.3) is 11.5 Å². The first-order valence-electron chi connectivity index (χ1n) is 9.54. The van der Waals surface area contributed by atoms with E-state index in [1.807, 2.05) is 0 Å². The molecule has 0 aliphatic heterocycles. The summed E-state index contributed by atoms with van der Waals surface area (Å²) in [5, 5.41) is 7.74.